The lowest BCUT2D eigenvalue weighted by molar-refractivity contribution is -0.140. The number of amides is 1. The van der Waals surface area contributed by atoms with E-state index in [2.05, 4.69) is 4.98 Å². The van der Waals surface area contributed by atoms with Gasteiger partial charge in [-0.25, -0.2) is 0 Å². The van der Waals surface area contributed by atoms with Crippen molar-refractivity contribution in [3.05, 3.63) is 114 Å². The molecule has 0 aliphatic carbocycles. The molecular formula is C29H24N2O4. The molecule has 1 aromatic heterocycles. The first-order valence-electron chi connectivity index (χ1n) is 11.5. The van der Waals surface area contributed by atoms with Crippen LogP contribution in [-0.2, 0) is 16.1 Å². The van der Waals surface area contributed by atoms with E-state index in [1.54, 1.807) is 42.7 Å². The zero-order valence-electron chi connectivity index (χ0n) is 19.2. The first-order chi connectivity index (χ1) is 17.1. The molecule has 3 aromatic carbocycles. The van der Waals surface area contributed by atoms with Crippen LogP contribution >= 0.6 is 0 Å². The van der Waals surface area contributed by atoms with Crippen LogP contribution in [0.15, 0.2) is 96.8 Å². The molecule has 1 aliphatic heterocycles. The number of fused-ring (bicyclic) bond motifs is 1. The Labute approximate surface area is 203 Å². The molecule has 1 aliphatic rings. The molecule has 35 heavy (non-hydrogen) atoms. The van der Waals surface area contributed by atoms with Crippen LogP contribution < -0.4 is 4.74 Å². The highest BCUT2D eigenvalue weighted by Gasteiger charge is 2.46. The quantitative estimate of drug-likeness (QED) is 0.239. The van der Waals surface area contributed by atoms with Gasteiger partial charge in [0, 0.05) is 24.5 Å². The van der Waals surface area contributed by atoms with Crippen molar-refractivity contribution in [2.45, 2.75) is 19.5 Å². The molecule has 0 saturated carbocycles. The first-order valence-corrected chi connectivity index (χ1v) is 11.5. The molecule has 5 rings (SSSR count). The first kappa shape index (κ1) is 22.3. The van der Waals surface area contributed by atoms with Gasteiger partial charge >= 0.3 is 0 Å². The van der Waals surface area contributed by atoms with Crippen LogP contribution in [0.5, 0.6) is 5.75 Å². The number of ketones is 1. The van der Waals surface area contributed by atoms with Gasteiger partial charge in [0.05, 0.1) is 18.2 Å². The molecule has 1 atom stereocenters. The second-order valence-corrected chi connectivity index (χ2v) is 8.31. The van der Waals surface area contributed by atoms with E-state index in [1.165, 1.54) is 4.90 Å². The van der Waals surface area contributed by atoms with Gasteiger partial charge in [0.2, 0.25) is 0 Å². The Morgan fingerprint density at radius 3 is 2.49 bits per heavy atom. The van der Waals surface area contributed by atoms with E-state index in [0.29, 0.717) is 17.9 Å². The number of nitrogens with zero attached hydrogens (tertiary/aromatic N) is 2. The summed E-state index contributed by atoms with van der Waals surface area (Å²) in [6, 6.07) is 23.3. The van der Waals surface area contributed by atoms with E-state index in [-0.39, 0.29) is 17.9 Å². The minimum absolute atomic E-state index is 0.0689. The van der Waals surface area contributed by atoms with Crippen LogP contribution in [0.25, 0.3) is 16.5 Å². The number of likely N-dealkylation sites (tertiary alicyclic amines) is 1. The van der Waals surface area contributed by atoms with Crippen molar-refractivity contribution in [1.29, 1.82) is 0 Å². The zero-order valence-corrected chi connectivity index (χ0v) is 19.2. The van der Waals surface area contributed by atoms with E-state index in [1.807, 2.05) is 55.5 Å². The van der Waals surface area contributed by atoms with Gasteiger partial charge in [0.1, 0.15) is 11.5 Å². The molecule has 1 saturated heterocycles. The fourth-order valence-corrected chi connectivity index (χ4v) is 4.57. The minimum atomic E-state index is -0.757. The fraction of sp³-hybridized carbons (Fsp3) is 0.138. The van der Waals surface area contributed by atoms with E-state index in [0.717, 1.165) is 21.9 Å². The Hall–Kier alpha value is -4.45. The number of benzene rings is 3. The molecule has 0 bridgehead atoms. The highest BCUT2D eigenvalue weighted by molar-refractivity contribution is 6.46. The topological polar surface area (TPSA) is 79.7 Å². The number of hydrogen-bond acceptors (Lipinski definition) is 5. The summed E-state index contributed by atoms with van der Waals surface area (Å²) in [4.78, 5) is 32.3. The molecule has 1 amide bonds. The number of carbonyl (C=O) groups is 2. The van der Waals surface area contributed by atoms with Crippen LogP contribution in [-0.4, -0.2) is 33.3 Å². The lowest BCUT2D eigenvalue weighted by Gasteiger charge is -2.26. The second kappa shape index (κ2) is 9.43. The lowest BCUT2D eigenvalue weighted by atomic mass is 9.91. The van der Waals surface area contributed by atoms with Gasteiger partial charge in [0.25, 0.3) is 11.7 Å². The Bertz CT molecular complexity index is 1420. The number of Topliss-reactive ketones (excluding diaryl/α,β-unsaturated/α-hetero) is 1. The summed E-state index contributed by atoms with van der Waals surface area (Å²) >= 11 is 0. The van der Waals surface area contributed by atoms with Crippen LogP contribution in [0, 0.1) is 0 Å². The highest BCUT2D eigenvalue weighted by Crippen LogP contribution is 2.42. The van der Waals surface area contributed by atoms with Gasteiger partial charge < -0.3 is 14.7 Å². The standard InChI is InChI=1S/C29H24N2O4/c1-2-35-22-14-12-21(13-15-22)27(32)25-26(24-11-5-9-20-8-3-4-10-23(20)24)31(29(34)28(25)33)18-19-7-6-16-30-17-19/h3-17,26,32H,2,18H2,1H3/t26-/m1/s1. The van der Waals surface area contributed by atoms with Crippen molar-refractivity contribution in [3.8, 4) is 5.75 Å². The smallest absolute Gasteiger partial charge is 0.295 e. The number of hydrogen-bond donors (Lipinski definition) is 1. The zero-order chi connectivity index (χ0) is 24.4. The van der Waals surface area contributed by atoms with Crippen LogP contribution in [0.1, 0.15) is 29.7 Å². The maximum atomic E-state index is 13.4. The third-order valence-electron chi connectivity index (χ3n) is 6.17. The van der Waals surface area contributed by atoms with E-state index >= 15 is 0 Å². The SMILES string of the molecule is CCOc1ccc(C(O)=C2C(=O)C(=O)N(Cc3cccnc3)[C@@H]2c2cccc3ccccc23)cc1. The van der Waals surface area contributed by atoms with Crippen molar-refractivity contribution in [2.24, 2.45) is 0 Å². The van der Waals surface area contributed by atoms with Gasteiger partial charge in [0.15, 0.2) is 0 Å². The number of rotatable bonds is 6. The van der Waals surface area contributed by atoms with Gasteiger partial charge in [-0.05, 0) is 59.2 Å². The number of aliphatic hydroxyl groups is 1. The summed E-state index contributed by atoms with van der Waals surface area (Å²) in [5, 5.41) is 13.2. The summed E-state index contributed by atoms with van der Waals surface area (Å²) in [5.41, 5.74) is 2.08. The average molecular weight is 465 g/mol. The normalized spacial score (nSPS) is 17.2. The van der Waals surface area contributed by atoms with Crippen molar-refractivity contribution in [2.75, 3.05) is 6.61 Å². The molecule has 1 N–H and O–H groups in total. The maximum Gasteiger partial charge on any atom is 0.295 e. The fourth-order valence-electron chi connectivity index (χ4n) is 4.57. The van der Waals surface area contributed by atoms with Crippen LogP contribution in [0.3, 0.4) is 0 Å². The number of aliphatic hydroxyl groups excluding tert-OH is 1. The number of ether oxygens (including phenoxy) is 1. The Balaban J connectivity index is 1.69. The lowest BCUT2D eigenvalue weighted by Crippen LogP contribution is -2.29. The summed E-state index contributed by atoms with van der Waals surface area (Å²) in [6.45, 7) is 2.60. The van der Waals surface area contributed by atoms with Gasteiger partial charge in [-0.2, -0.15) is 0 Å². The summed E-state index contributed by atoms with van der Waals surface area (Å²) in [6.07, 6.45) is 3.33. The molecule has 6 heteroatoms. The molecule has 2 heterocycles. The summed E-state index contributed by atoms with van der Waals surface area (Å²) in [7, 11) is 0. The third-order valence-corrected chi connectivity index (χ3v) is 6.17. The van der Waals surface area contributed by atoms with Crippen molar-refractivity contribution < 1.29 is 19.4 Å². The van der Waals surface area contributed by atoms with Crippen molar-refractivity contribution >= 4 is 28.2 Å². The second-order valence-electron chi connectivity index (χ2n) is 8.31. The summed E-state index contributed by atoms with van der Waals surface area (Å²) in [5.74, 6) is -0.915. The molecule has 1 fully saturated rings. The highest BCUT2D eigenvalue weighted by atomic mass is 16.5. The van der Waals surface area contributed by atoms with Gasteiger partial charge in [-0.1, -0.05) is 48.5 Å². The van der Waals surface area contributed by atoms with E-state index < -0.39 is 17.7 Å². The molecule has 6 nitrogen and oxygen atoms in total. The average Bonchev–Trinajstić information content (AvgIpc) is 3.14. The number of aromatic nitrogens is 1. The monoisotopic (exact) mass is 464 g/mol. The molecular weight excluding hydrogens is 440 g/mol. The molecule has 0 radical (unpaired) electrons. The predicted octanol–water partition coefficient (Wildman–Crippen LogP) is 5.26. The largest absolute Gasteiger partial charge is 0.507 e. The maximum absolute atomic E-state index is 13.4. The molecule has 0 spiro atoms. The third kappa shape index (κ3) is 4.15. The van der Waals surface area contributed by atoms with Gasteiger partial charge in [-0.15, -0.1) is 0 Å². The number of pyridine rings is 1. The molecule has 0 unspecified atom stereocenters. The minimum Gasteiger partial charge on any atom is -0.507 e. The number of carbonyl (C=O) groups excluding carboxylic acids is 2. The van der Waals surface area contributed by atoms with Crippen molar-refractivity contribution in [1.82, 2.24) is 9.88 Å². The van der Waals surface area contributed by atoms with E-state index in [9.17, 15) is 14.7 Å². The van der Waals surface area contributed by atoms with Gasteiger partial charge in [-0.3, -0.25) is 14.6 Å². The van der Waals surface area contributed by atoms with Crippen LogP contribution in [0.4, 0.5) is 0 Å². The predicted molar refractivity (Wildman–Crippen MR) is 134 cm³/mol. The Kier molecular flexibility index (Phi) is 6.02. The van der Waals surface area contributed by atoms with E-state index in [4.69, 9.17) is 4.74 Å². The molecule has 174 valence electrons. The van der Waals surface area contributed by atoms with Crippen LogP contribution in [0.2, 0.25) is 0 Å². The van der Waals surface area contributed by atoms with Crippen molar-refractivity contribution in [3.63, 3.8) is 0 Å². The summed E-state index contributed by atoms with van der Waals surface area (Å²) < 4.78 is 5.49. The Morgan fingerprint density at radius 2 is 1.74 bits per heavy atom. The molecule has 4 aromatic rings. The Morgan fingerprint density at radius 1 is 0.971 bits per heavy atom.